The second-order valence-corrected chi connectivity index (χ2v) is 6.73. The number of ether oxygens (including phenoxy) is 1. The number of hydrogen-bond acceptors (Lipinski definition) is 5. The Morgan fingerprint density at radius 1 is 1.07 bits per heavy atom. The van der Waals surface area contributed by atoms with Crippen LogP contribution in [0.25, 0.3) is 17.0 Å². The lowest BCUT2D eigenvalue weighted by Crippen LogP contribution is -2.46. The van der Waals surface area contributed by atoms with Crippen molar-refractivity contribution < 1.29 is 19.1 Å². The number of pyridine rings is 1. The molecule has 1 fully saturated rings. The van der Waals surface area contributed by atoms with E-state index in [4.69, 9.17) is 4.74 Å². The third-order valence-corrected chi connectivity index (χ3v) is 4.55. The van der Waals surface area contributed by atoms with Crippen LogP contribution >= 0.6 is 0 Å². The monoisotopic (exact) mass is 381 g/mol. The molecule has 2 N–H and O–H groups in total. The van der Waals surface area contributed by atoms with Crippen molar-refractivity contribution in [3.05, 3.63) is 48.2 Å². The molecule has 1 aliphatic carbocycles. The molecule has 7 heteroatoms. The van der Waals surface area contributed by atoms with Crippen molar-refractivity contribution in [3.63, 3.8) is 0 Å². The molecule has 0 aliphatic heterocycles. The van der Waals surface area contributed by atoms with Gasteiger partial charge in [-0.05, 0) is 31.1 Å². The van der Waals surface area contributed by atoms with Crippen LogP contribution in [0, 0.1) is 0 Å². The predicted octanol–water partition coefficient (Wildman–Crippen LogP) is 2.95. The summed E-state index contributed by atoms with van der Waals surface area (Å²) in [7, 11) is 0. The molecule has 0 atom stereocenters. The van der Waals surface area contributed by atoms with Crippen LogP contribution in [0.5, 0.6) is 0 Å². The average Bonchev–Trinajstić information content (AvgIpc) is 2.71. The second kappa shape index (κ2) is 9.64. The number of rotatable bonds is 5. The maximum absolute atomic E-state index is 11.8. The van der Waals surface area contributed by atoms with E-state index in [1.165, 1.54) is 18.6 Å². The molecule has 0 spiro atoms. The Morgan fingerprint density at radius 3 is 2.68 bits per heavy atom. The van der Waals surface area contributed by atoms with E-state index in [0.717, 1.165) is 36.6 Å². The molecule has 146 valence electrons. The van der Waals surface area contributed by atoms with E-state index in [1.54, 1.807) is 6.07 Å². The van der Waals surface area contributed by atoms with Crippen LogP contribution in [0.15, 0.2) is 42.5 Å². The second-order valence-electron chi connectivity index (χ2n) is 6.73. The average molecular weight is 381 g/mol. The fourth-order valence-corrected chi connectivity index (χ4v) is 3.14. The molecule has 0 radical (unpaired) electrons. The quantitative estimate of drug-likeness (QED) is 0.613. The SMILES string of the molecule is O=C(COC(=O)C=Cc1ccc2ccccc2n1)NC(=O)NC1CCCCC1. The van der Waals surface area contributed by atoms with Gasteiger partial charge in [0.1, 0.15) is 0 Å². The van der Waals surface area contributed by atoms with Gasteiger partial charge in [0, 0.05) is 17.5 Å². The van der Waals surface area contributed by atoms with E-state index >= 15 is 0 Å². The molecule has 1 aliphatic rings. The first-order valence-corrected chi connectivity index (χ1v) is 9.41. The predicted molar refractivity (Wildman–Crippen MR) is 105 cm³/mol. The van der Waals surface area contributed by atoms with Crippen LogP contribution in [0.2, 0.25) is 0 Å². The van der Waals surface area contributed by atoms with E-state index in [-0.39, 0.29) is 6.04 Å². The molecule has 1 aromatic heterocycles. The van der Waals surface area contributed by atoms with Crippen molar-refractivity contribution in [1.29, 1.82) is 0 Å². The Balaban J connectivity index is 1.41. The van der Waals surface area contributed by atoms with E-state index in [2.05, 4.69) is 15.6 Å². The molecule has 0 bridgehead atoms. The third-order valence-electron chi connectivity index (χ3n) is 4.55. The summed E-state index contributed by atoms with van der Waals surface area (Å²) in [6.45, 7) is -0.521. The number of nitrogens with one attached hydrogen (secondary N) is 2. The van der Waals surface area contributed by atoms with Gasteiger partial charge >= 0.3 is 12.0 Å². The number of benzene rings is 1. The molecular weight excluding hydrogens is 358 g/mol. The van der Waals surface area contributed by atoms with Gasteiger partial charge in [0.05, 0.1) is 11.2 Å². The van der Waals surface area contributed by atoms with Crippen molar-refractivity contribution in [1.82, 2.24) is 15.6 Å². The zero-order chi connectivity index (χ0) is 19.8. The molecule has 1 saturated carbocycles. The summed E-state index contributed by atoms with van der Waals surface area (Å²) < 4.78 is 4.86. The van der Waals surface area contributed by atoms with Crippen LogP contribution in [-0.2, 0) is 14.3 Å². The normalized spacial score (nSPS) is 14.7. The van der Waals surface area contributed by atoms with Crippen molar-refractivity contribution in [2.75, 3.05) is 6.61 Å². The number of carbonyl (C=O) groups excluding carboxylic acids is 3. The largest absolute Gasteiger partial charge is 0.452 e. The minimum atomic E-state index is -0.683. The molecule has 0 saturated heterocycles. The Kier molecular flexibility index (Phi) is 6.73. The topological polar surface area (TPSA) is 97.4 Å². The van der Waals surface area contributed by atoms with Crippen molar-refractivity contribution in [2.24, 2.45) is 0 Å². The highest BCUT2D eigenvalue weighted by molar-refractivity contribution is 5.96. The zero-order valence-corrected chi connectivity index (χ0v) is 15.5. The van der Waals surface area contributed by atoms with Gasteiger partial charge in [-0.1, -0.05) is 43.5 Å². The minimum absolute atomic E-state index is 0.0986. The standard InChI is InChI=1S/C21H23N3O4/c25-19(24-21(27)23-16-7-2-1-3-8-16)14-28-20(26)13-12-17-11-10-15-6-4-5-9-18(15)22-17/h4-6,9-13,16H,1-3,7-8,14H2,(H2,23,24,25,27). The fraction of sp³-hybridized carbons (Fsp3) is 0.333. The van der Waals surface area contributed by atoms with Gasteiger partial charge in [0.25, 0.3) is 5.91 Å². The molecule has 1 aromatic carbocycles. The third kappa shape index (κ3) is 5.90. The highest BCUT2D eigenvalue weighted by atomic mass is 16.5. The van der Waals surface area contributed by atoms with E-state index in [0.29, 0.717) is 5.69 Å². The summed E-state index contributed by atoms with van der Waals surface area (Å²) in [5.74, 6) is -1.35. The highest BCUT2D eigenvalue weighted by Gasteiger charge is 2.17. The summed E-state index contributed by atoms with van der Waals surface area (Å²) in [6, 6.07) is 10.9. The molecule has 2 aromatic rings. The first kappa shape index (κ1) is 19.5. The number of esters is 1. The lowest BCUT2D eigenvalue weighted by atomic mass is 9.96. The van der Waals surface area contributed by atoms with Crippen LogP contribution < -0.4 is 10.6 Å². The maximum atomic E-state index is 11.8. The van der Waals surface area contributed by atoms with Crippen molar-refractivity contribution in [2.45, 2.75) is 38.1 Å². The number of nitrogens with zero attached hydrogens (tertiary/aromatic N) is 1. The maximum Gasteiger partial charge on any atom is 0.331 e. The molecule has 7 nitrogen and oxygen atoms in total. The number of para-hydroxylation sites is 1. The number of hydrogen-bond donors (Lipinski definition) is 2. The Bertz CT molecular complexity index is 888. The number of carbonyl (C=O) groups is 3. The van der Waals surface area contributed by atoms with Gasteiger partial charge in [0.15, 0.2) is 6.61 Å². The summed E-state index contributed by atoms with van der Waals surface area (Å²) in [4.78, 5) is 39.7. The molecular formula is C21H23N3O4. The highest BCUT2D eigenvalue weighted by Crippen LogP contribution is 2.17. The molecule has 3 rings (SSSR count). The Morgan fingerprint density at radius 2 is 1.86 bits per heavy atom. The number of amides is 3. The molecule has 3 amide bonds. The van der Waals surface area contributed by atoms with Crippen LogP contribution in [0.3, 0.4) is 0 Å². The lowest BCUT2D eigenvalue weighted by molar-refractivity contribution is -0.143. The van der Waals surface area contributed by atoms with Crippen LogP contribution in [-0.4, -0.2) is 35.5 Å². The summed E-state index contributed by atoms with van der Waals surface area (Å²) in [5, 5.41) is 5.94. The summed E-state index contributed by atoms with van der Waals surface area (Å²) in [5.41, 5.74) is 1.42. The molecule has 28 heavy (non-hydrogen) atoms. The van der Waals surface area contributed by atoms with Crippen molar-refractivity contribution in [3.8, 4) is 0 Å². The number of imide groups is 1. The molecule has 1 heterocycles. The van der Waals surface area contributed by atoms with Gasteiger partial charge in [0.2, 0.25) is 0 Å². The van der Waals surface area contributed by atoms with Gasteiger partial charge in [-0.15, -0.1) is 0 Å². The van der Waals surface area contributed by atoms with E-state index in [9.17, 15) is 14.4 Å². The van der Waals surface area contributed by atoms with Crippen LogP contribution in [0.4, 0.5) is 4.79 Å². The minimum Gasteiger partial charge on any atom is -0.452 e. The first-order valence-electron chi connectivity index (χ1n) is 9.41. The van der Waals surface area contributed by atoms with Gasteiger partial charge in [-0.3, -0.25) is 10.1 Å². The Labute approximate surface area is 163 Å². The summed E-state index contributed by atoms with van der Waals surface area (Å²) >= 11 is 0. The van der Waals surface area contributed by atoms with Gasteiger partial charge < -0.3 is 10.1 Å². The number of urea groups is 1. The number of aromatic nitrogens is 1. The van der Waals surface area contributed by atoms with Gasteiger partial charge in [-0.2, -0.15) is 0 Å². The first-order chi connectivity index (χ1) is 13.6. The zero-order valence-electron chi connectivity index (χ0n) is 15.5. The smallest absolute Gasteiger partial charge is 0.331 e. The number of fused-ring (bicyclic) bond motifs is 1. The Hall–Kier alpha value is -3.22. The van der Waals surface area contributed by atoms with E-state index < -0.39 is 24.5 Å². The lowest BCUT2D eigenvalue weighted by Gasteiger charge is -2.22. The summed E-state index contributed by atoms with van der Waals surface area (Å²) in [6.07, 6.45) is 7.89. The fourth-order valence-electron chi connectivity index (χ4n) is 3.14. The van der Waals surface area contributed by atoms with E-state index in [1.807, 2.05) is 30.3 Å². The van der Waals surface area contributed by atoms with Crippen molar-refractivity contribution >= 4 is 34.9 Å². The molecule has 0 unspecified atom stereocenters. The van der Waals surface area contributed by atoms with Crippen LogP contribution in [0.1, 0.15) is 37.8 Å². The van der Waals surface area contributed by atoms with Gasteiger partial charge in [-0.25, -0.2) is 14.6 Å².